The lowest BCUT2D eigenvalue weighted by molar-refractivity contribution is 0.0951. The highest BCUT2D eigenvalue weighted by Gasteiger charge is 2.11. The molecule has 0 fully saturated rings. The first kappa shape index (κ1) is 17.4. The number of anilines is 2. The normalized spacial score (nSPS) is 10.3. The molecule has 132 valence electrons. The maximum atomic E-state index is 12.3. The Labute approximate surface area is 152 Å². The molecule has 0 radical (unpaired) electrons. The molecular weight excluding hydrogens is 326 g/mol. The van der Waals surface area contributed by atoms with Gasteiger partial charge in [0, 0.05) is 43.7 Å². The zero-order valence-corrected chi connectivity index (χ0v) is 14.6. The van der Waals surface area contributed by atoms with Crippen LogP contribution in [0.3, 0.4) is 0 Å². The lowest BCUT2D eigenvalue weighted by atomic mass is 10.2. The third kappa shape index (κ3) is 4.36. The van der Waals surface area contributed by atoms with E-state index in [9.17, 15) is 4.79 Å². The average Bonchev–Trinajstić information content (AvgIpc) is 2.67. The van der Waals surface area contributed by atoms with Crippen LogP contribution in [-0.2, 0) is 13.1 Å². The van der Waals surface area contributed by atoms with E-state index in [0.717, 1.165) is 17.9 Å². The average molecular weight is 347 g/mol. The van der Waals surface area contributed by atoms with Crippen LogP contribution in [0.1, 0.15) is 21.5 Å². The van der Waals surface area contributed by atoms with E-state index in [1.165, 1.54) is 11.8 Å². The molecule has 0 atom stereocenters. The van der Waals surface area contributed by atoms with Crippen LogP contribution in [0, 0.1) is 0 Å². The van der Waals surface area contributed by atoms with Crippen LogP contribution in [0.2, 0.25) is 0 Å². The highest BCUT2D eigenvalue weighted by Crippen LogP contribution is 2.18. The van der Waals surface area contributed by atoms with Gasteiger partial charge in [0.2, 0.25) is 0 Å². The van der Waals surface area contributed by atoms with Crippen LogP contribution in [0.25, 0.3) is 0 Å². The smallest absolute Gasteiger partial charge is 0.251 e. The number of nitrogens with zero attached hydrogens (tertiary/aromatic N) is 3. The van der Waals surface area contributed by atoms with Crippen molar-refractivity contribution < 1.29 is 4.79 Å². The molecule has 3 aromatic rings. The summed E-state index contributed by atoms with van der Waals surface area (Å²) in [5, 5.41) is 2.91. The number of aromatic nitrogens is 2. The predicted molar refractivity (Wildman–Crippen MR) is 103 cm³/mol. The van der Waals surface area contributed by atoms with Gasteiger partial charge in [-0.25, -0.2) is 9.97 Å². The van der Waals surface area contributed by atoms with Gasteiger partial charge in [-0.3, -0.25) is 4.79 Å². The number of hydrogen-bond donors (Lipinski definition) is 2. The molecule has 1 amide bonds. The first-order valence-electron chi connectivity index (χ1n) is 8.32. The molecule has 0 saturated heterocycles. The van der Waals surface area contributed by atoms with Crippen molar-refractivity contribution in [3.8, 4) is 0 Å². The summed E-state index contributed by atoms with van der Waals surface area (Å²) in [7, 11) is 1.99. The third-order valence-corrected chi connectivity index (χ3v) is 3.97. The second-order valence-corrected chi connectivity index (χ2v) is 5.98. The Hall–Kier alpha value is -3.41. The number of amides is 1. The van der Waals surface area contributed by atoms with E-state index < -0.39 is 0 Å². The van der Waals surface area contributed by atoms with Crippen molar-refractivity contribution in [2.45, 2.75) is 13.1 Å². The third-order valence-electron chi connectivity index (χ3n) is 3.97. The minimum absolute atomic E-state index is 0.195. The molecule has 0 saturated carbocycles. The fourth-order valence-corrected chi connectivity index (χ4v) is 2.71. The summed E-state index contributed by atoms with van der Waals surface area (Å²) in [5.41, 5.74) is 8.26. The lowest BCUT2D eigenvalue weighted by Crippen LogP contribution is -2.25. The molecule has 0 aliphatic rings. The van der Waals surface area contributed by atoms with Crippen molar-refractivity contribution in [3.05, 3.63) is 83.7 Å². The lowest BCUT2D eigenvalue weighted by Gasteiger charge is -2.21. The van der Waals surface area contributed by atoms with E-state index in [-0.39, 0.29) is 5.91 Å². The molecule has 2 aromatic heterocycles. The topological polar surface area (TPSA) is 84.1 Å². The van der Waals surface area contributed by atoms with Crippen LogP contribution >= 0.6 is 0 Å². The number of carbonyl (C=O) groups excluding carboxylic acids is 1. The number of nitrogens with two attached hydrogens (primary N) is 1. The van der Waals surface area contributed by atoms with Gasteiger partial charge < -0.3 is 16.0 Å². The van der Waals surface area contributed by atoms with Gasteiger partial charge in [0.15, 0.2) is 0 Å². The molecule has 3 N–H and O–H groups in total. The van der Waals surface area contributed by atoms with Gasteiger partial charge in [-0.05, 0) is 23.8 Å². The van der Waals surface area contributed by atoms with Crippen LogP contribution < -0.4 is 16.0 Å². The highest BCUT2D eigenvalue weighted by molar-refractivity contribution is 5.94. The zero-order valence-electron chi connectivity index (χ0n) is 14.6. The van der Waals surface area contributed by atoms with Crippen LogP contribution in [0.5, 0.6) is 0 Å². The van der Waals surface area contributed by atoms with Crippen LogP contribution in [-0.4, -0.2) is 22.9 Å². The number of carbonyl (C=O) groups is 1. The van der Waals surface area contributed by atoms with Crippen molar-refractivity contribution >= 4 is 17.5 Å². The first-order chi connectivity index (χ1) is 12.6. The fourth-order valence-electron chi connectivity index (χ4n) is 2.71. The predicted octanol–water partition coefficient (Wildman–Crippen LogP) is 2.63. The molecule has 0 aliphatic carbocycles. The van der Waals surface area contributed by atoms with Crippen molar-refractivity contribution in [2.24, 2.45) is 0 Å². The van der Waals surface area contributed by atoms with Crippen molar-refractivity contribution in [1.29, 1.82) is 0 Å². The summed E-state index contributed by atoms with van der Waals surface area (Å²) in [5.74, 6) is 0.966. The minimum atomic E-state index is -0.195. The van der Waals surface area contributed by atoms with E-state index in [1.807, 2.05) is 37.4 Å². The largest absolute Gasteiger partial charge is 0.384 e. The van der Waals surface area contributed by atoms with Gasteiger partial charge in [0.1, 0.15) is 11.6 Å². The maximum Gasteiger partial charge on any atom is 0.251 e. The SMILES string of the molecule is CN(Cc1ccccc1)c1ncccc1CNC(=O)c1ccnc(N)c1. The molecule has 0 spiro atoms. The molecule has 1 aromatic carbocycles. The summed E-state index contributed by atoms with van der Waals surface area (Å²) in [6.45, 7) is 1.11. The van der Waals surface area contributed by atoms with Crippen molar-refractivity contribution in [3.63, 3.8) is 0 Å². The molecular formula is C20H21N5O. The summed E-state index contributed by atoms with van der Waals surface area (Å²) in [6.07, 6.45) is 3.28. The molecule has 3 rings (SSSR count). The number of rotatable bonds is 6. The molecule has 6 heteroatoms. The van der Waals surface area contributed by atoms with E-state index in [1.54, 1.807) is 18.3 Å². The summed E-state index contributed by atoms with van der Waals surface area (Å²) in [4.78, 5) is 22.8. The zero-order chi connectivity index (χ0) is 18.4. The maximum absolute atomic E-state index is 12.3. The van der Waals surface area contributed by atoms with Gasteiger partial charge in [-0.2, -0.15) is 0 Å². The molecule has 26 heavy (non-hydrogen) atoms. The molecule has 2 heterocycles. The van der Waals surface area contributed by atoms with Gasteiger partial charge in [-0.1, -0.05) is 36.4 Å². The fraction of sp³-hybridized carbons (Fsp3) is 0.150. The van der Waals surface area contributed by atoms with Gasteiger partial charge in [0.05, 0.1) is 0 Å². The van der Waals surface area contributed by atoms with Gasteiger partial charge in [-0.15, -0.1) is 0 Å². The Kier molecular flexibility index (Phi) is 5.43. The first-order valence-corrected chi connectivity index (χ1v) is 8.32. The number of benzene rings is 1. The van der Waals surface area contributed by atoms with Crippen LogP contribution in [0.4, 0.5) is 11.6 Å². The van der Waals surface area contributed by atoms with E-state index in [0.29, 0.717) is 17.9 Å². The van der Waals surface area contributed by atoms with E-state index in [2.05, 4.69) is 32.3 Å². The van der Waals surface area contributed by atoms with Gasteiger partial charge >= 0.3 is 0 Å². The minimum Gasteiger partial charge on any atom is -0.384 e. The Morgan fingerprint density at radius 1 is 1.08 bits per heavy atom. The van der Waals surface area contributed by atoms with Gasteiger partial charge in [0.25, 0.3) is 5.91 Å². The molecule has 6 nitrogen and oxygen atoms in total. The Morgan fingerprint density at radius 3 is 2.65 bits per heavy atom. The monoisotopic (exact) mass is 347 g/mol. The summed E-state index contributed by atoms with van der Waals surface area (Å²) < 4.78 is 0. The summed E-state index contributed by atoms with van der Waals surface area (Å²) in [6, 6.07) is 17.2. The standard InChI is InChI=1S/C20H21N5O/c1-25(14-15-6-3-2-4-7-15)19-17(8-5-10-23-19)13-24-20(26)16-9-11-22-18(21)12-16/h2-12H,13-14H2,1H3,(H2,21,22)(H,24,26). The van der Waals surface area contributed by atoms with Crippen LogP contribution in [0.15, 0.2) is 67.0 Å². The Morgan fingerprint density at radius 2 is 1.88 bits per heavy atom. The molecule has 0 bridgehead atoms. The molecule has 0 unspecified atom stereocenters. The van der Waals surface area contributed by atoms with Crippen molar-refractivity contribution in [2.75, 3.05) is 17.7 Å². The quantitative estimate of drug-likeness (QED) is 0.716. The molecule has 0 aliphatic heterocycles. The summed E-state index contributed by atoms with van der Waals surface area (Å²) >= 11 is 0. The van der Waals surface area contributed by atoms with E-state index >= 15 is 0 Å². The number of pyridine rings is 2. The van der Waals surface area contributed by atoms with E-state index in [4.69, 9.17) is 5.73 Å². The second-order valence-electron chi connectivity index (χ2n) is 5.98. The number of nitrogens with one attached hydrogen (secondary N) is 1. The number of hydrogen-bond acceptors (Lipinski definition) is 5. The Balaban J connectivity index is 1.70. The van der Waals surface area contributed by atoms with Crippen molar-refractivity contribution in [1.82, 2.24) is 15.3 Å². The number of nitrogen functional groups attached to an aromatic ring is 1. The second kappa shape index (κ2) is 8.11. The highest BCUT2D eigenvalue weighted by atomic mass is 16.1. The Bertz CT molecular complexity index is 882.